The number of carbonyl (C=O) groups excluding carboxylic acids is 1. The van der Waals surface area contributed by atoms with Crippen LogP contribution in [0.25, 0.3) is 0 Å². The molecule has 2 aromatic rings. The molecule has 0 unspecified atom stereocenters. The van der Waals surface area contributed by atoms with Gasteiger partial charge in [0.15, 0.2) is 0 Å². The van der Waals surface area contributed by atoms with E-state index in [2.05, 4.69) is 4.98 Å². The van der Waals surface area contributed by atoms with E-state index in [4.69, 9.17) is 9.52 Å². The first kappa shape index (κ1) is 20.8. The van der Waals surface area contributed by atoms with Crippen molar-refractivity contribution >= 4 is 11.9 Å². The van der Waals surface area contributed by atoms with E-state index in [-0.39, 0.29) is 17.8 Å². The molecule has 7 nitrogen and oxygen atoms in total. The van der Waals surface area contributed by atoms with Gasteiger partial charge in [-0.2, -0.15) is 0 Å². The molecular weight excluding hydrogens is 372 g/mol. The highest BCUT2D eigenvalue weighted by Gasteiger charge is 2.26. The second-order valence-corrected chi connectivity index (χ2v) is 7.23. The number of aromatic nitrogens is 1. The minimum Gasteiger partial charge on any atom is -0.474 e. The summed E-state index contributed by atoms with van der Waals surface area (Å²) in [6, 6.07) is 9.76. The van der Waals surface area contributed by atoms with Crippen LogP contribution in [0.2, 0.25) is 0 Å². The summed E-state index contributed by atoms with van der Waals surface area (Å²) in [5.74, 6) is -0.909. The average molecular weight is 398 g/mol. The highest BCUT2D eigenvalue weighted by molar-refractivity contribution is 5.82. The molecule has 1 fully saturated rings. The van der Waals surface area contributed by atoms with E-state index in [0.717, 1.165) is 18.4 Å². The van der Waals surface area contributed by atoms with E-state index in [9.17, 15) is 14.7 Å². The van der Waals surface area contributed by atoms with Crippen molar-refractivity contribution in [3.05, 3.63) is 65.9 Å². The molecule has 7 heteroatoms. The standard InChI is InChI=1S/C22H26N2O5/c25-18(14-16-6-2-1-3-7-16)12-11-17-8-4-10-20(26)24(17)13-5-9-19-15-23-21(29-19)22(27)28/h1-3,6-7,11-12,15,17-18,25H,4-5,8-10,13-14H2,(H,27,28)/b12-11+/t17-,18+/m1/s1. The fourth-order valence-electron chi connectivity index (χ4n) is 3.56. The quantitative estimate of drug-likeness (QED) is 0.630. The minimum absolute atomic E-state index is 0.0361. The van der Waals surface area contributed by atoms with Gasteiger partial charge in [0, 0.05) is 25.8 Å². The van der Waals surface area contributed by atoms with Gasteiger partial charge in [-0.3, -0.25) is 4.79 Å². The second-order valence-electron chi connectivity index (χ2n) is 7.23. The Hall–Kier alpha value is -2.93. The lowest BCUT2D eigenvalue weighted by Gasteiger charge is -2.34. The Morgan fingerprint density at radius 3 is 2.86 bits per heavy atom. The van der Waals surface area contributed by atoms with E-state index in [1.807, 2.05) is 41.3 Å². The molecular formula is C22H26N2O5. The third kappa shape index (κ3) is 6.02. The lowest BCUT2D eigenvalue weighted by Crippen LogP contribution is -2.43. The molecule has 154 valence electrons. The first-order valence-corrected chi connectivity index (χ1v) is 9.90. The van der Waals surface area contributed by atoms with Crippen LogP contribution in [-0.2, 0) is 17.6 Å². The van der Waals surface area contributed by atoms with Crippen LogP contribution in [0, 0.1) is 0 Å². The molecule has 0 bridgehead atoms. The van der Waals surface area contributed by atoms with Crippen molar-refractivity contribution in [3.8, 4) is 0 Å². The fourth-order valence-corrected chi connectivity index (χ4v) is 3.56. The number of aliphatic hydroxyl groups is 1. The Labute approximate surface area is 169 Å². The molecule has 2 atom stereocenters. The van der Waals surface area contributed by atoms with Crippen molar-refractivity contribution in [2.75, 3.05) is 6.54 Å². The number of oxazole rings is 1. The molecule has 29 heavy (non-hydrogen) atoms. The molecule has 0 aliphatic carbocycles. The number of nitrogens with zero attached hydrogens (tertiary/aromatic N) is 2. The number of rotatable bonds is 9. The Bertz CT molecular complexity index is 846. The van der Waals surface area contributed by atoms with Gasteiger partial charge in [0.1, 0.15) is 5.76 Å². The predicted molar refractivity (Wildman–Crippen MR) is 106 cm³/mol. The van der Waals surface area contributed by atoms with Crippen molar-refractivity contribution in [3.63, 3.8) is 0 Å². The SMILES string of the molecule is O=C(O)c1ncc(CCCN2C(=O)CCC[C@@H]2/C=C/[C@H](O)Cc2ccccc2)o1. The topological polar surface area (TPSA) is 104 Å². The summed E-state index contributed by atoms with van der Waals surface area (Å²) in [5.41, 5.74) is 1.06. The van der Waals surface area contributed by atoms with Gasteiger partial charge in [-0.25, -0.2) is 9.78 Å². The molecule has 3 rings (SSSR count). The van der Waals surface area contributed by atoms with E-state index in [1.54, 1.807) is 6.08 Å². The average Bonchev–Trinajstić information content (AvgIpc) is 3.18. The van der Waals surface area contributed by atoms with Crippen molar-refractivity contribution < 1.29 is 24.2 Å². The molecule has 1 aliphatic rings. The third-order valence-electron chi connectivity index (χ3n) is 5.01. The maximum atomic E-state index is 12.4. The lowest BCUT2D eigenvalue weighted by atomic mass is 9.99. The van der Waals surface area contributed by atoms with E-state index in [1.165, 1.54) is 6.20 Å². The largest absolute Gasteiger partial charge is 0.474 e. The molecule has 0 saturated carbocycles. The minimum atomic E-state index is -1.19. The van der Waals surface area contributed by atoms with Crippen LogP contribution in [0.4, 0.5) is 0 Å². The van der Waals surface area contributed by atoms with Gasteiger partial charge in [0.05, 0.1) is 18.3 Å². The van der Waals surface area contributed by atoms with Gasteiger partial charge in [0.25, 0.3) is 0 Å². The zero-order valence-corrected chi connectivity index (χ0v) is 16.2. The van der Waals surface area contributed by atoms with Gasteiger partial charge in [-0.1, -0.05) is 42.5 Å². The summed E-state index contributed by atoms with van der Waals surface area (Å²) in [6.07, 6.45) is 8.46. The number of hydrogen-bond donors (Lipinski definition) is 2. The van der Waals surface area contributed by atoms with Gasteiger partial charge >= 0.3 is 11.9 Å². The number of piperidine rings is 1. The number of hydrogen-bond acceptors (Lipinski definition) is 5. The monoisotopic (exact) mass is 398 g/mol. The van der Waals surface area contributed by atoms with Gasteiger partial charge in [0.2, 0.25) is 5.91 Å². The first-order chi connectivity index (χ1) is 14.0. The number of aryl methyl sites for hydroxylation is 1. The number of likely N-dealkylation sites (tertiary alicyclic amines) is 1. The zero-order chi connectivity index (χ0) is 20.6. The Morgan fingerprint density at radius 1 is 1.34 bits per heavy atom. The molecule has 1 aromatic carbocycles. The number of carbonyl (C=O) groups is 2. The molecule has 1 amide bonds. The van der Waals surface area contributed by atoms with Crippen LogP contribution in [0.1, 0.15) is 47.7 Å². The van der Waals surface area contributed by atoms with Crippen LogP contribution in [-0.4, -0.2) is 50.7 Å². The second kappa shape index (κ2) is 10.0. The summed E-state index contributed by atoms with van der Waals surface area (Å²) in [5, 5.41) is 19.2. The summed E-state index contributed by atoms with van der Waals surface area (Å²) in [6.45, 7) is 0.547. The third-order valence-corrected chi connectivity index (χ3v) is 5.01. The predicted octanol–water partition coefficient (Wildman–Crippen LogP) is 2.85. The number of aliphatic hydroxyl groups excluding tert-OH is 1. The van der Waals surface area contributed by atoms with Crippen molar-refractivity contribution in [1.29, 1.82) is 0 Å². The summed E-state index contributed by atoms with van der Waals surface area (Å²) < 4.78 is 5.16. The lowest BCUT2D eigenvalue weighted by molar-refractivity contribution is -0.135. The van der Waals surface area contributed by atoms with Crippen molar-refractivity contribution in [1.82, 2.24) is 9.88 Å². The smallest absolute Gasteiger partial charge is 0.392 e. The molecule has 2 heterocycles. The zero-order valence-electron chi connectivity index (χ0n) is 16.2. The summed E-state index contributed by atoms with van der Waals surface area (Å²) in [7, 11) is 0. The Balaban J connectivity index is 1.53. The van der Waals surface area contributed by atoms with Crippen LogP contribution in [0.15, 0.2) is 53.1 Å². The van der Waals surface area contributed by atoms with Crippen molar-refractivity contribution in [2.45, 2.75) is 50.7 Å². The molecule has 1 saturated heterocycles. The molecule has 2 N–H and O–H groups in total. The maximum Gasteiger partial charge on any atom is 0.392 e. The van der Waals surface area contributed by atoms with Gasteiger partial charge in [-0.15, -0.1) is 0 Å². The fraction of sp³-hybridized carbons (Fsp3) is 0.409. The van der Waals surface area contributed by atoms with Crippen LogP contribution < -0.4 is 0 Å². The van der Waals surface area contributed by atoms with E-state index >= 15 is 0 Å². The normalized spacial score (nSPS) is 18.3. The number of carboxylic acids is 1. The molecule has 1 aromatic heterocycles. The molecule has 0 spiro atoms. The highest BCUT2D eigenvalue weighted by atomic mass is 16.4. The maximum absolute atomic E-state index is 12.4. The Kier molecular flexibility index (Phi) is 7.19. The molecule has 1 aliphatic heterocycles. The summed E-state index contributed by atoms with van der Waals surface area (Å²) in [4.78, 5) is 28.8. The summed E-state index contributed by atoms with van der Waals surface area (Å²) >= 11 is 0. The number of carboxylic acid groups (broad SMARTS) is 1. The number of amides is 1. The van der Waals surface area contributed by atoms with Crippen LogP contribution in [0.3, 0.4) is 0 Å². The number of aromatic carboxylic acids is 1. The molecule has 0 radical (unpaired) electrons. The van der Waals surface area contributed by atoms with Gasteiger partial charge < -0.3 is 19.5 Å². The van der Waals surface area contributed by atoms with E-state index in [0.29, 0.717) is 38.0 Å². The number of benzene rings is 1. The first-order valence-electron chi connectivity index (χ1n) is 9.90. The van der Waals surface area contributed by atoms with E-state index < -0.39 is 12.1 Å². The van der Waals surface area contributed by atoms with Gasteiger partial charge in [-0.05, 0) is 24.8 Å². The van der Waals surface area contributed by atoms with Crippen LogP contribution >= 0.6 is 0 Å². The van der Waals surface area contributed by atoms with Crippen LogP contribution in [0.5, 0.6) is 0 Å². The van der Waals surface area contributed by atoms with Crippen molar-refractivity contribution in [2.24, 2.45) is 0 Å². The highest BCUT2D eigenvalue weighted by Crippen LogP contribution is 2.21. The Morgan fingerprint density at radius 2 is 2.14 bits per heavy atom.